The Kier molecular flexibility index (Phi) is 7.97. The Morgan fingerprint density at radius 2 is 1.93 bits per heavy atom. The molecule has 0 saturated carbocycles. The van der Waals surface area contributed by atoms with E-state index in [-0.39, 0.29) is 5.41 Å². The average Bonchev–Trinajstić information content (AvgIpc) is 2.08. The molecular formula is C10H22O3V. The van der Waals surface area contributed by atoms with Gasteiger partial charge in [-0.25, -0.2) is 0 Å². The summed E-state index contributed by atoms with van der Waals surface area (Å²) in [6, 6.07) is 0. The van der Waals surface area contributed by atoms with Crippen LogP contribution in [0.25, 0.3) is 0 Å². The molecule has 14 heavy (non-hydrogen) atoms. The fourth-order valence-electron chi connectivity index (χ4n) is 0.527. The van der Waals surface area contributed by atoms with Crippen LogP contribution < -0.4 is 0 Å². The van der Waals surface area contributed by atoms with Gasteiger partial charge in [-0.3, -0.25) is 0 Å². The summed E-state index contributed by atoms with van der Waals surface area (Å²) in [6.45, 7) is 12.1. The molecule has 0 aromatic carbocycles. The van der Waals surface area contributed by atoms with Crippen LogP contribution >= 0.6 is 0 Å². The topological polar surface area (TPSA) is 27.7 Å². The van der Waals surface area contributed by atoms with Gasteiger partial charge in [0.05, 0.1) is 0 Å². The van der Waals surface area contributed by atoms with Gasteiger partial charge in [0.1, 0.15) is 0 Å². The fourth-order valence-corrected chi connectivity index (χ4v) is 1.44. The summed E-state index contributed by atoms with van der Waals surface area (Å²) < 4.78 is 10.3. The number of hydrogen-bond donors (Lipinski definition) is 0. The van der Waals surface area contributed by atoms with E-state index >= 15 is 0 Å². The summed E-state index contributed by atoms with van der Waals surface area (Å²) in [5.74, 6) is 0.554. The van der Waals surface area contributed by atoms with Crippen LogP contribution in [-0.2, 0) is 29.4 Å². The Labute approximate surface area is 95.2 Å². The number of hydrogen-bond acceptors (Lipinski definition) is 3. The molecule has 0 aliphatic heterocycles. The van der Waals surface area contributed by atoms with Crippen molar-refractivity contribution in [1.29, 1.82) is 0 Å². The van der Waals surface area contributed by atoms with Gasteiger partial charge in [0.25, 0.3) is 0 Å². The van der Waals surface area contributed by atoms with Crippen molar-refractivity contribution in [3.8, 4) is 0 Å². The van der Waals surface area contributed by atoms with Gasteiger partial charge in [-0.15, -0.1) is 0 Å². The van der Waals surface area contributed by atoms with E-state index in [1.165, 1.54) is 0 Å². The van der Waals surface area contributed by atoms with Gasteiger partial charge in [-0.1, -0.05) is 0 Å². The van der Waals surface area contributed by atoms with E-state index in [9.17, 15) is 0 Å². The van der Waals surface area contributed by atoms with Crippen molar-refractivity contribution in [2.24, 2.45) is 11.3 Å². The van der Waals surface area contributed by atoms with Crippen molar-refractivity contribution >= 4 is 0 Å². The van der Waals surface area contributed by atoms with Crippen LogP contribution in [0.2, 0.25) is 0 Å². The minimum atomic E-state index is -0.565. The fraction of sp³-hybridized carbons (Fsp3) is 1.00. The Hall–Kier alpha value is 0.464. The first-order valence-electron chi connectivity index (χ1n) is 5.06. The Morgan fingerprint density at radius 3 is 2.43 bits per heavy atom. The minimum absolute atomic E-state index is 0.204. The molecule has 4 heteroatoms. The third-order valence-corrected chi connectivity index (χ3v) is 2.31. The van der Waals surface area contributed by atoms with Crippen molar-refractivity contribution in [2.45, 2.75) is 41.0 Å². The maximum atomic E-state index is 5.36. The zero-order valence-corrected chi connectivity index (χ0v) is 11.3. The van der Waals surface area contributed by atoms with Crippen LogP contribution in [0.3, 0.4) is 0 Å². The Morgan fingerprint density at radius 1 is 1.29 bits per heavy atom. The zero-order chi connectivity index (χ0) is 11.0. The summed E-state index contributed by atoms with van der Waals surface area (Å²) in [7, 11) is 0. The van der Waals surface area contributed by atoms with Gasteiger partial charge >= 0.3 is 94.9 Å². The summed E-state index contributed by atoms with van der Waals surface area (Å²) in [4.78, 5) is 5.02. The molecule has 1 unspecified atom stereocenters. The van der Waals surface area contributed by atoms with Crippen molar-refractivity contribution in [3.05, 3.63) is 0 Å². The van der Waals surface area contributed by atoms with Crippen molar-refractivity contribution in [1.82, 2.24) is 0 Å². The Balaban J connectivity index is 3.14. The normalized spacial score (nSPS) is 14.1. The van der Waals surface area contributed by atoms with E-state index in [2.05, 4.69) is 34.6 Å². The maximum absolute atomic E-state index is 5.36. The van der Waals surface area contributed by atoms with Gasteiger partial charge in [0, 0.05) is 0 Å². The first kappa shape index (κ1) is 14.5. The summed E-state index contributed by atoms with van der Waals surface area (Å²) in [5, 5.41) is 0. The van der Waals surface area contributed by atoms with Crippen LogP contribution in [0.15, 0.2) is 0 Å². The average molecular weight is 241 g/mol. The van der Waals surface area contributed by atoms with Gasteiger partial charge in [-0.05, 0) is 0 Å². The molecule has 0 saturated heterocycles. The molecule has 0 heterocycles. The molecule has 0 aliphatic carbocycles. The molecule has 0 N–H and O–H groups in total. The van der Waals surface area contributed by atoms with Gasteiger partial charge < -0.3 is 0 Å². The van der Waals surface area contributed by atoms with Crippen LogP contribution in [0.4, 0.5) is 0 Å². The second-order valence-electron chi connectivity index (χ2n) is 4.78. The van der Waals surface area contributed by atoms with Crippen LogP contribution in [-0.4, -0.2) is 13.2 Å². The predicted molar refractivity (Wildman–Crippen MR) is 51.9 cm³/mol. The van der Waals surface area contributed by atoms with E-state index in [1.54, 1.807) is 0 Å². The molecule has 1 atom stereocenters. The van der Waals surface area contributed by atoms with Crippen LogP contribution in [0.1, 0.15) is 41.0 Å². The molecule has 3 nitrogen and oxygen atoms in total. The molecule has 0 radical (unpaired) electrons. The molecule has 0 amide bonds. The first-order valence-corrected chi connectivity index (χ1v) is 6.20. The van der Waals surface area contributed by atoms with Crippen LogP contribution in [0.5, 0.6) is 0 Å². The van der Waals surface area contributed by atoms with E-state index < -0.39 is 17.0 Å². The Bertz CT molecular complexity index is 134. The van der Waals surface area contributed by atoms with Crippen molar-refractivity contribution < 1.29 is 29.4 Å². The van der Waals surface area contributed by atoms with Gasteiger partial charge in [-0.2, -0.15) is 0 Å². The molecule has 0 aromatic rings. The molecule has 85 valence electrons. The van der Waals surface area contributed by atoms with Crippen LogP contribution in [0, 0.1) is 11.3 Å². The van der Waals surface area contributed by atoms with Crippen molar-refractivity contribution in [2.75, 3.05) is 13.2 Å². The molecule has 0 bridgehead atoms. The summed E-state index contributed by atoms with van der Waals surface area (Å²) in [6.07, 6.45) is 1.11. The monoisotopic (exact) mass is 241 g/mol. The SMILES string of the molecule is CCC(C)CO[O][V][O]CC(C)(C)C. The van der Waals surface area contributed by atoms with Gasteiger partial charge in [0.2, 0.25) is 0 Å². The summed E-state index contributed by atoms with van der Waals surface area (Å²) >= 11 is -0.565. The second kappa shape index (κ2) is 7.72. The molecule has 0 rings (SSSR count). The predicted octanol–water partition coefficient (Wildman–Crippen LogP) is 2.96. The molecular weight excluding hydrogens is 219 g/mol. The zero-order valence-electron chi connectivity index (χ0n) is 9.87. The molecule has 0 aromatic heterocycles. The van der Waals surface area contributed by atoms with E-state index in [0.29, 0.717) is 12.5 Å². The third kappa shape index (κ3) is 10.5. The van der Waals surface area contributed by atoms with E-state index in [4.69, 9.17) is 12.4 Å². The van der Waals surface area contributed by atoms with Crippen molar-refractivity contribution in [3.63, 3.8) is 0 Å². The first-order chi connectivity index (χ1) is 6.45. The quantitative estimate of drug-likeness (QED) is 0.389. The molecule has 0 fully saturated rings. The number of rotatable bonds is 7. The van der Waals surface area contributed by atoms with Gasteiger partial charge in [0.15, 0.2) is 0 Å². The molecule has 0 spiro atoms. The molecule has 0 aliphatic rings. The second-order valence-corrected chi connectivity index (χ2v) is 5.65. The van der Waals surface area contributed by atoms with E-state index in [0.717, 1.165) is 13.0 Å². The summed E-state index contributed by atoms with van der Waals surface area (Å²) in [5.41, 5.74) is 0.204. The van der Waals surface area contributed by atoms with E-state index in [1.807, 2.05) is 0 Å². The standard InChI is InChI=1S/C5H12O2.C5H11O.V/c1-3-5(2)4-7-6;1-5(2,3)4-6;/h5-6H,3-4H2,1-2H3;4H2,1-3H3;/q;-1;+2/p-1. The third-order valence-electron chi connectivity index (χ3n) is 1.68.